The fourth-order valence-electron chi connectivity index (χ4n) is 3.20. The van der Waals surface area contributed by atoms with Crippen molar-refractivity contribution >= 4 is 5.78 Å². The summed E-state index contributed by atoms with van der Waals surface area (Å²) in [6, 6.07) is 11.1. The molecule has 1 aliphatic carbocycles. The molecule has 0 spiro atoms. The molecule has 1 heterocycles. The first kappa shape index (κ1) is 10.0. The van der Waals surface area contributed by atoms with E-state index in [0.29, 0.717) is 23.7 Å². The van der Waals surface area contributed by atoms with Gasteiger partial charge in [-0.1, -0.05) is 30.3 Å². The van der Waals surface area contributed by atoms with E-state index in [1.807, 2.05) is 6.07 Å². The Morgan fingerprint density at radius 1 is 1.19 bits per heavy atom. The van der Waals surface area contributed by atoms with E-state index in [4.69, 9.17) is 0 Å². The predicted octanol–water partition coefficient (Wildman–Crippen LogP) is 1.80. The van der Waals surface area contributed by atoms with Crippen molar-refractivity contribution in [1.82, 2.24) is 5.32 Å². The third kappa shape index (κ3) is 1.78. The number of hydrogen-bond donors (Lipinski definition) is 1. The lowest BCUT2D eigenvalue weighted by atomic mass is 9.90. The van der Waals surface area contributed by atoms with Gasteiger partial charge in [0.25, 0.3) is 0 Å². The summed E-state index contributed by atoms with van der Waals surface area (Å²) in [5, 5.41) is 3.58. The zero-order valence-electron chi connectivity index (χ0n) is 9.36. The molecular weight excluding hydrogens is 198 g/mol. The third-order valence-corrected chi connectivity index (χ3v) is 4.02. The number of Topliss-reactive ketones (excluding diaryl/α,β-unsaturated/α-hetero) is 1. The standard InChI is InChI=1S/C14H17NO/c16-12-7-11-9-15-14(13(11)8-12)6-10-4-2-1-3-5-10/h1-5,11,13-15H,6-9H2/t11-,13-,14?/m0/s1. The van der Waals surface area contributed by atoms with Gasteiger partial charge in [-0.25, -0.2) is 0 Å². The van der Waals surface area contributed by atoms with Crippen LogP contribution in [0.15, 0.2) is 30.3 Å². The third-order valence-electron chi connectivity index (χ3n) is 4.02. The van der Waals surface area contributed by atoms with E-state index >= 15 is 0 Å². The molecule has 16 heavy (non-hydrogen) atoms. The summed E-state index contributed by atoms with van der Waals surface area (Å²) in [5.41, 5.74) is 1.37. The second-order valence-electron chi connectivity index (χ2n) is 5.08. The van der Waals surface area contributed by atoms with Crippen LogP contribution in [0.3, 0.4) is 0 Å². The fraction of sp³-hybridized carbons (Fsp3) is 0.500. The Bertz CT molecular complexity index is 387. The molecule has 2 heteroatoms. The minimum absolute atomic E-state index is 0.467. The Morgan fingerprint density at radius 2 is 2.00 bits per heavy atom. The summed E-state index contributed by atoms with van der Waals surface area (Å²) in [6.45, 7) is 1.04. The number of hydrogen-bond acceptors (Lipinski definition) is 2. The molecule has 1 aromatic carbocycles. The van der Waals surface area contributed by atoms with Crippen LogP contribution >= 0.6 is 0 Å². The fourth-order valence-corrected chi connectivity index (χ4v) is 3.20. The van der Waals surface area contributed by atoms with Crippen LogP contribution in [0.25, 0.3) is 0 Å². The van der Waals surface area contributed by atoms with Gasteiger partial charge in [0.15, 0.2) is 0 Å². The van der Waals surface area contributed by atoms with E-state index in [1.165, 1.54) is 5.56 Å². The first-order valence-electron chi connectivity index (χ1n) is 6.12. The highest BCUT2D eigenvalue weighted by Gasteiger charge is 2.42. The van der Waals surface area contributed by atoms with Crippen LogP contribution in [0.1, 0.15) is 18.4 Å². The molecule has 1 N–H and O–H groups in total. The molecular formula is C14H17NO. The van der Waals surface area contributed by atoms with E-state index in [1.54, 1.807) is 0 Å². The second-order valence-corrected chi connectivity index (χ2v) is 5.08. The molecule has 1 aliphatic heterocycles. The molecule has 1 aromatic rings. The quantitative estimate of drug-likeness (QED) is 0.815. The number of fused-ring (bicyclic) bond motifs is 1. The number of carbonyl (C=O) groups excluding carboxylic acids is 1. The maximum Gasteiger partial charge on any atom is 0.133 e. The number of rotatable bonds is 2. The Kier molecular flexibility index (Phi) is 2.52. The van der Waals surface area contributed by atoms with Crippen LogP contribution in [0.5, 0.6) is 0 Å². The normalized spacial score (nSPS) is 33.0. The van der Waals surface area contributed by atoms with Crippen molar-refractivity contribution in [2.24, 2.45) is 11.8 Å². The van der Waals surface area contributed by atoms with Crippen LogP contribution in [0.4, 0.5) is 0 Å². The highest BCUT2D eigenvalue weighted by molar-refractivity contribution is 5.81. The van der Waals surface area contributed by atoms with Gasteiger partial charge in [0.1, 0.15) is 5.78 Å². The topological polar surface area (TPSA) is 29.1 Å². The van der Waals surface area contributed by atoms with Crippen LogP contribution in [0, 0.1) is 11.8 Å². The van der Waals surface area contributed by atoms with Crippen molar-refractivity contribution < 1.29 is 4.79 Å². The Labute approximate surface area is 96.1 Å². The number of benzene rings is 1. The lowest BCUT2D eigenvalue weighted by Crippen LogP contribution is -2.29. The molecule has 1 saturated carbocycles. The molecule has 3 atom stereocenters. The number of ketones is 1. The number of nitrogens with one attached hydrogen (secondary N) is 1. The maximum absolute atomic E-state index is 11.4. The Balaban J connectivity index is 1.70. The molecule has 2 nitrogen and oxygen atoms in total. The van der Waals surface area contributed by atoms with E-state index < -0.39 is 0 Å². The highest BCUT2D eigenvalue weighted by Crippen LogP contribution is 2.36. The highest BCUT2D eigenvalue weighted by atomic mass is 16.1. The second kappa shape index (κ2) is 4.02. The van der Waals surface area contributed by atoms with Gasteiger partial charge in [-0.2, -0.15) is 0 Å². The van der Waals surface area contributed by atoms with Crippen LogP contribution in [-0.2, 0) is 11.2 Å². The average molecular weight is 215 g/mol. The van der Waals surface area contributed by atoms with Gasteiger partial charge in [-0.05, 0) is 30.4 Å². The molecule has 0 bridgehead atoms. The van der Waals surface area contributed by atoms with Gasteiger partial charge in [-0.15, -0.1) is 0 Å². The van der Waals surface area contributed by atoms with Crippen LogP contribution in [0.2, 0.25) is 0 Å². The van der Waals surface area contributed by atoms with Gasteiger partial charge < -0.3 is 5.32 Å². The lowest BCUT2D eigenvalue weighted by molar-refractivity contribution is -0.117. The van der Waals surface area contributed by atoms with Crippen molar-refractivity contribution in [2.75, 3.05) is 6.54 Å². The molecule has 2 aliphatic rings. The summed E-state index contributed by atoms with van der Waals surface area (Å²) in [7, 11) is 0. The van der Waals surface area contributed by atoms with E-state index in [0.717, 1.165) is 25.8 Å². The van der Waals surface area contributed by atoms with Gasteiger partial charge >= 0.3 is 0 Å². The van der Waals surface area contributed by atoms with Gasteiger partial charge in [0.05, 0.1) is 0 Å². The first-order chi connectivity index (χ1) is 7.83. The van der Waals surface area contributed by atoms with Crippen molar-refractivity contribution in [3.63, 3.8) is 0 Å². The molecule has 0 radical (unpaired) electrons. The Hall–Kier alpha value is -1.15. The van der Waals surface area contributed by atoms with E-state index in [9.17, 15) is 4.79 Å². The molecule has 1 saturated heterocycles. The Morgan fingerprint density at radius 3 is 2.81 bits per heavy atom. The van der Waals surface area contributed by atoms with Crippen molar-refractivity contribution in [1.29, 1.82) is 0 Å². The molecule has 0 aromatic heterocycles. The summed E-state index contributed by atoms with van der Waals surface area (Å²) < 4.78 is 0. The SMILES string of the molecule is O=C1C[C@H]2CNC(Cc3ccccc3)[C@H]2C1. The largest absolute Gasteiger partial charge is 0.313 e. The molecule has 84 valence electrons. The summed E-state index contributed by atoms with van der Waals surface area (Å²) in [4.78, 5) is 11.4. The maximum atomic E-state index is 11.4. The van der Waals surface area contributed by atoms with Crippen LogP contribution in [-0.4, -0.2) is 18.4 Å². The van der Waals surface area contributed by atoms with Crippen molar-refractivity contribution in [3.8, 4) is 0 Å². The lowest BCUT2D eigenvalue weighted by Gasteiger charge is -2.17. The number of carbonyl (C=O) groups is 1. The minimum atomic E-state index is 0.467. The smallest absolute Gasteiger partial charge is 0.133 e. The first-order valence-corrected chi connectivity index (χ1v) is 6.12. The van der Waals surface area contributed by atoms with Crippen molar-refractivity contribution in [2.45, 2.75) is 25.3 Å². The van der Waals surface area contributed by atoms with Gasteiger partial charge in [0, 0.05) is 18.9 Å². The molecule has 0 amide bonds. The van der Waals surface area contributed by atoms with Gasteiger partial charge in [-0.3, -0.25) is 4.79 Å². The zero-order chi connectivity index (χ0) is 11.0. The van der Waals surface area contributed by atoms with E-state index in [2.05, 4.69) is 29.6 Å². The van der Waals surface area contributed by atoms with E-state index in [-0.39, 0.29) is 0 Å². The monoisotopic (exact) mass is 215 g/mol. The summed E-state index contributed by atoms with van der Waals surface area (Å²) in [5.74, 6) is 1.67. The molecule has 3 rings (SSSR count). The molecule has 1 unspecified atom stereocenters. The van der Waals surface area contributed by atoms with Gasteiger partial charge in [0.2, 0.25) is 0 Å². The zero-order valence-corrected chi connectivity index (χ0v) is 9.36. The summed E-state index contributed by atoms with van der Waals surface area (Å²) >= 11 is 0. The minimum Gasteiger partial charge on any atom is -0.313 e. The molecule has 2 fully saturated rings. The predicted molar refractivity (Wildman–Crippen MR) is 63.2 cm³/mol. The average Bonchev–Trinajstić information content (AvgIpc) is 2.81. The van der Waals surface area contributed by atoms with Crippen molar-refractivity contribution in [3.05, 3.63) is 35.9 Å². The summed E-state index contributed by atoms with van der Waals surface area (Å²) in [6.07, 6.45) is 2.67. The van der Waals surface area contributed by atoms with Crippen LogP contribution < -0.4 is 5.32 Å².